The van der Waals surface area contributed by atoms with E-state index in [0.717, 1.165) is 55.5 Å². The largest absolute Gasteiger partial charge is 0.497 e. The molecule has 41 heavy (non-hydrogen) atoms. The highest BCUT2D eigenvalue weighted by Crippen LogP contribution is 2.48. The summed E-state index contributed by atoms with van der Waals surface area (Å²) in [6.45, 7) is 3.11. The number of imidazole rings is 1. The monoisotopic (exact) mass is 583 g/mol. The molecule has 10 heteroatoms. The number of ether oxygens (including phenoxy) is 1. The van der Waals surface area contributed by atoms with Gasteiger partial charge in [0.25, 0.3) is 0 Å². The van der Waals surface area contributed by atoms with Gasteiger partial charge in [-0.15, -0.1) is 0 Å². The molecule has 1 aromatic heterocycles. The Morgan fingerprint density at radius 2 is 1.95 bits per heavy atom. The van der Waals surface area contributed by atoms with E-state index in [1.165, 1.54) is 6.42 Å². The van der Waals surface area contributed by atoms with E-state index in [1.807, 2.05) is 47.0 Å². The second-order valence-electron chi connectivity index (χ2n) is 11.6. The lowest BCUT2D eigenvalue weighted by atomic mass is 9.62. The molecule has 0 radical (unpaired) electrons. The van der Waals surface area contributed by atoms with Crippen molar-refractivity contribution >= 4 is 29.2 Å². The third-order valence-electron chi connectivity index (χ3n) is 9.19. The van der Waals surface area contributed by atoms with Crippen molar-refractivity contribution < 1.29 is 19.4 Å². The smallest absolute Gasteiger partial charge is 0.310 e. The molecule has 1 aliphatic carbocycles. The van der Waals surface area contributed by atoms with Gasteiger partial charge in [-0.05, 0) is 67.9 Å². The van der Waals surface area contributed by atoms with E-state index in [-0.39, 0.29) is 17.9 Å². The minimum atomic E-state index is -0.751. The molecule has 2 unspecified atom stereocenters. The van der Waals surface area contributed by atoms with E-state index in [0.29, 0.717) is 37.5 Å². The summed E-state index contributed by atoms with van der Waals surface area (Å²) in [4.78, 5) is 33.0. The number of hydrogen-bond acceptors (Lipinski definition) is 5. The molecule has 2 aliphatic rings. The fraction of sp³-hybridized carbons (Fsp3) is 0.613. The fourth-order valence-electron chi connectivity index (χ4n) is 6.72. The summed E-state index contributed by atoms with van der Waals surface area (Å²) in [5.74, 6) is 0.212. The van der Waals surface area contributed by atoms with Crippen LogP contribution in [0.4, 0.5) is 0 Å². The Morgan fingerprint density at radius 1 is 1.22 bits per heavy atom. The van der Waals surface area contributed by atoms with Gasteiger partial charge in [0.2, 0.25) is 5.91 Å². The number of benzene rings is 1. The zero-order valence-electron chi connectivity index (χ0n) is 24.6. The second kappa shape index (κ2) is 14.2. The lowest BCUT2D eigenvalue weighted by molar-refractivity contribution is -0.163. The number of methoxy groups -OCH3 is 1. The Bertz CT molecular complexity index is 1180. The number of piperidine rings is 1. The van der Waals surface area contributed by atoms with Gasteiger partial charge < -0.3 is 29.9 Å². The van der Waals surface area contributed by atoms with Gasteiger partial charge in [0, 0.05) is 50.9 Å². The van der Waals surface area contributed by atoms with Crippen LogP contribution in [0.2, 0.25) is 0 Å². The number of likely N-dealkylation sites (tertiary alicyclic amines) is 1. The Labute approximate surface area is 249 Å². The summed E-state index contributed by atoms with van der Waals surface area (Å²) >= 11 is 5.64. The predicted molar refractivity (Wildman–Crippen MR) is 163 cm³/mol. The minimum absolute atomic E-state index is 0.0360. The molecule has 224 valence electrons. The number of nitrogens with one attached hydrogen (secondary N) is 2. The van der Waals surface area contributed by atoms with E-state index >= 15 is 0 Å². The van der Waals surface area contributed by atoms with Crippen molar-refractivity contribution in [3.63, 3.8) is 0 Å². The van der Waals surface area contributed by atoms with Crippen molar-refractivity contribution in [3.05, 3.63) is 48.0 Å². The van der Waals surface area contributed by atoms with E-state index in [2.05, 4.69) is 22.5 Å². The van der Waals surface area contributed by atoms with E-state index < -0.39 is 17.4 Å². The zero-order chi connectivity index (χ0) is 29.4. The number of aromatic nitrogens is 2. The first-order valence-corrected chi connectivity index (χ1v) is 15.3. The topological polar surface area (TPSA) is 109 Å². The number of thiocarbonyl (C=S) groups is 1. The number of rotatable bonds is 11. The number of aryl methyl sites for hydroxylation is 1. The number of hydrogen-bond donors (Lipinski definition) is 3. The van der Waals surface area contributed by atoms with Crippen LogP contribution >= 0.6 is 12.2 Å². The van der Waals surface area contributed by atoms with E-state index in [4.69, 9.17) is 17.0 Å². The van der Waals surface area contributed by atoms with Crippen molar-refractivity contribution in [1.29, 1.82) is 0 Å². The molecule has 0 spiro atoms. The fourth-order valence-corrected chi connectivity index (χ4v) is 6.97. The van der Waals surface area contributed by atoms with Gasteiger partial charge in [-0.25, -0.2) is 4.98 Å². The second-order valence-corrected chi connectivity index (χ2v) is 12.0. The number of amides is 1. The van der Waals surface area contributed by atoms with Crippen LogP contribution in [0, 0.1) is 11.3 Å². The lowest BCUT2D eigenvalue weighted by Gasteiger charge is -2.49. The van der Waals surface area contributed by atoms with Crippen molar-refractivity contribution in [2.45, 2.75) is 83.2 Å². The van der Waals surface area contributed by atoms with Crippen molar-refractivity contribution in [1.82, 2.24) is 25.1 Å². The number of nitrogens with zero attached hydrogens (tertiary/aromatic N) is 3. The summed E-state index contributed by atoms with van der Waals surface area (Å²) < 4.78 is 7.28. The molecule has 2 aromatic rings. The lowest BCUT2D eigenvalue weighted by Crippen LogP contribution is -2.59. The summed E-state index contributed by atoms with van der Waals surface area (Å²) in [5.41, 5.74) is 1.33. The number of aliphatic carboxylic acids is 1. The number of carbonyl (C=O) groups excluding carboxylic acids is 1. The maximum absolute atomic E-state index is 14.2. The third kappa shape index (κ3) is 7.39. The molecule has 2 heterocycles. The Balaban J connectivity index is 1.48. The van der Waals surface area contributed by atoms with E-state index in [1.54, 1.807) is 13.4 Å². The number of carbonyl (C=O) groups is 2. The van der Waals surface area contributed by atoms with Crippen molar-refractivity contribution in [3.8, 4) is 5.75 Å². The summed E-state index contributed by atoms with van der Waals surface area (Å²) in [6.07, 6.45) is 11.8. The van der Waals surface area contributed by atoms with Gasteiger partial charge in [-0.3, -0.25) is 9.59 Å². The van der Waals surface area contributed by atoms with Crippen LogP contribution in [-0.2, 0) is 29.5 Å². The van der Waals surface area contributed by atoms with Crippen LogP contribution in [0.25, 0.3) is 0 Å². The average molecular weight is 584 g/mol. The highest BCUT2D eigenvalue weighted by atomic mass is 32.1. The van der Waals surface area contributed by atoms with Crippen LogP contribution in [0.3, 0.4) is 0 Å². The normalized spacial score (nSPS) is 22.1. The first-order valence-electron chi connectivity index (χ1n) is 14.9. The first kappa shape index (κ1) is 30.8. The third-order valence-corrected chi connectivity index (χ3v) is 9.45. The first-order chi connectivity index (χ1) is 19.8. The van der Waals surface area contributed by atoms with Crippen LogP contribution in [-0.4, -0.2) is 68.8 Å². The summed E-state index contributed by atoms with van der Waals surface area (Å²) in [5, 5.41) is 17.4. The van der Waals surface area contributed by atoms with Crippen molar-refractivity contribution in [2.24, 2.45) is 18.4 Å². The van der Waals surface area contributed by atoms with Crippen LogP contribution < -0.4 is 15.4 Å². The van der Waals surface area contributed by atoms with Crippen molar-refractivity contribution in [2.75, 3.05) is 20.2 Å². The molecule has 1 saturated carbocycles. The molecular formula is C31H45N5O4S. The molecule has 1 amide bonds. The van der Waals surface area contributed by atoms with Gasteiger partial charge in [-0.1, -0.05) is 38.3 Å². The zero-order valence-corrected chi connectivity index (χ0v) is 25.4. The maximum atomic E-state index is 14.2. The van der Waals surface area contributed by atoms with Gasteiger partial charge in [0.05, 0.1) is 18.9 Å². The molecule has 3 atom stereocenters. The maximum Gasteiger partial charge on any atom is 0.310 e. The molecule has 9 nitrogen and oxygen atoms in total. The van der Waals surface area contributed by atoms with Gasteiger partial charge >= 0.3 is 5.97 Å². The predicted octanol–water partition coefficient (Wildman–Crippen LogP) is 4.10. The molecule has 4 rings (SSSR count). The SMILES string of the molecule is CCC1CC(C(=O)O)(C2CCCCC2)CCN1C(=O)[C@@H](Cc1ccc(OC)cc1)NC(=S)NCCc1cncn1C. The highest BCUT2D eigenvalue weighted by molar-refractivity contribution is 7.80. The molecule has 1 saturated heterocycles. The standard InChI is InChI=1S/C31H45N5O4S/c1-4-24-19-31(29(38)39,23-8-6-5-7-9-23)15-17-36(24)28(37)27(18-22-10-12-26(40-3)13-11-22)34-30(41)33-16-14-25-20-32-21-35(25)2/h10-13,20-21,23-24,27H,4-9,14-19H2,1-3H3,(H,38,39)(H2,33,34,41)/t24?,27-,31?/m1/s1. The summed E-state index contributed by atoms with van der Waals surface area (Å²) in [7, 11) is 3.59. The molecular weight excluding hydrogens is 538 g/mol. The molecule has 1 aliphatic heterocycles. The Kier molecular flexibility index (Phi) is 10.6. The van der Waals surface area contributed by atoms with E-state index in [9.17, 15) is 14.7 Å². The molecule has 3 N–H and O–H groups in total. The highest BCUT2D eigenvalue weighted by Gasteiger charge is 2.51. The number of carboxylic acids is 1. The molecule has 2 fully saturated rings. The Hall–Kier alpha value is -3.14. The Morgan fingerprint density at radius 3 is 2.56 bits per heavy atom. The van der Waals surface area contributed by atoms with Gasteiger partial charge in [-0.2, -0.15) is 0 Å². The molecule has 1 aromatic carbocycles. The van der Waals surface area contributed by atoms with Crippen LogP contribution in [0.15, 0.2) is 36.8 Å². The average Bonchev–Trinajstić information content (AvgIpc) is 3.41. The van der Waals surface area contributed by atoms with Crippen LogP contribution in [0.1, 0.15) is 69.5 Å². The van der Waals surface area contributed by atoms with Gasteiger partial charge in [0.15, 0.2) is 5.11 Å². The van der Waals surface area contributed by atoms with Gasteiger partial charge in [0.1, 0.15) is 11.8 Å². The quantitative estimate of drug-likeness (QED) is 0.340. The molecule has 0 bridgehead atoms. The minimum Gasteiger partial charge on any atom is -0.497 e. The number of carboxylic acid groups (broad SMARTS) is 1. The van der Waals surface area contributed by atoms with Crippen LogP contribution in [0.5, 0.6) is 5.75 Å². The summed E-state index contributed by atoms with van der Waals surface area (Å²) in [6, 6.07) is 7.00.